The van der Waals surface area contributed by atoms with Gasteiger partial charge in [0, 0.05) is 0 Å². The van der Waals surface area contributed by atoms with Crippen molar-refractivity contribution in [3.05, 3.63) is 11.0 Å². The monoisotopic (exact) mass is 144 g/mol. The summed E-state index contributed by atoms with van der Waals surface area (Å²) in [6, 6.07) is 0. The smallest absolute Gasteiger partial charge is 0.262 e. The summed E-state index contributed by atoms with van der Waals surface area (Å²) in [4.78, 5) is -0.0671. The molecule has 48 valence electrons. The quantitative estimate of drug-likeness (QED) is 0.351. The SMILES string of the molecule is C#CC1=CCOS1(=O)=O. The van der Waals surface area contributed by atoms with E-state index in [1.807, 2.05) is 5.92 Å². The van der Waals surface area contributed by atoms with E-state index in [2.05, 4.69) is 4.18 Å². The van der Waals surface area contributed by atoms with E-state index in [-0.39, 0.29) is 11.5 Å². The van der Waals surface area contributed by atoms with Crippen LogP contribution >= 0.6 is 0 Å². The van der Waals surface area contributed by atoms with Crippen LogP contribution in [0.4, 0.5) is 0 Å². The average Bonchev–Trinajstić information content (AvgIpc) is 2.08. The van der Waals surface area contributed by atoms with Gasteiger partial charge in [0.15, 0.2) is 0 Å². The third kappa shape index (κ3) is 0.969. The molecule has 0 amide bonds. The molecule has 0 aromatic heterocycles. The molecule has 0 N–H and O–H groups in total. The molecule has 0 radical (unpaired) electrons. The van der Waals surface area contributed by atoms with Crippen molar-refractivity contribution in [2.75, 3.05) is 6.61 Å². The van der Waals surface area contributed by atoms with E-state index in [0.29, 0.717) is 0 Å². The van der Waals surface area contributed by atoms with E-state index in [1.54, 1.807) is 0 Å². The summed E-state index contributed by atoms with van der Waals surface area (Å²) in [6.07, 6.45) is 6.19. The maximum atomic E-state index is 10.6. The fraction of sp³-hybridized carbons (Fsp3) is 0.200. The highest BCUT2D eigenvalue weighted by Gasteiger charge is 2.21. The van der Waals surface area contributed by atoms with E-state index < -0.39 is 10.1 Å². The standard InChI is InChI=1S/C5H4O3S/c1-2-5-3-4-8-9(5,6)7/h1,3H,4H2. The molecule has 1 aliphatic rings. The topological polar surface area (TPSA) is 43.4 Å². The summed E-state index contributed by atoms with van der Waals surface area (Å²) in [7, 11) is -3.51. The van der Waals surface area contributed by atoms with Gasteiger partial charge in [-0.15, -0.1) is 6.42 Å². The van der Waals surface area contributed by atoms with Crippen molar-refractivity contribution >= 4 is 10.1 Å². The van der Waals surface area contributed by atoms with Crippen molar-refractivity contribution in [3.63, 3.8) is 0 Å². The minimum absolute atomic E-state index is 0.0671. The molecule has 1 rings (SSSR count). The zero-order chi connectivity index (χ0) is 6.91. The maximum absolute atomic E-state index is 10.6. The number of allylic oxidation sites excluding steroid dienone is 1. The van der Waals surface area contributed by atoms with Gasteiger partial charge >= 0.3 is 10.1 Å². The summed E-state index contributed by atoms with van der Waals surface area (Å²) in [5.41, 5.74) is 0. The third-order valence-corrected chi connectivity index (χ3v) is 2.17. The Morgan fingerprint density at radius 3 is 2.67 bits per heavy atom. The second-order valence-corrected chi connectivity index (χ2v) is 3.04. The van der Waals surface area contributed by atoms with E-state index in [0.717, 1.165) is 0 Å². The van der Waals surface area contributed by atoms with Crippen LogP contribution in [0.5, 0.6) is 0 Å². The van der Waals surface area contributed by atoms with Gasteiger partial charge in [0.1, 0.15) is 4.91 Å². The van der Waals surface area contributed by atoms with Crippen LogP contribution in [-0.2, 0) is 14.3 Å². The van der Waals surface area contributed by atoms with Crippen molar-refractivity contribution < 1.29 is 12.6 Å². The molecule has 4 heteroatoms. The molecule has 0 bridgehead atoms. The molecule has 0 unspecified atom stereocenters. The highest BCUT2D eigenvalue weighted by atomic mass is 32.2. The Kier molecular flexibility index (Phi) is 1.31. The van der Waals surface area contributed by atoms with Crippen LogP contribution in [0.2, 0.25) is 0 Å². The van der Waals surface area contributed by atoms with Gasteiger partial charge < -0.3 is 0 Å². The lowest BCUT2D eigenvalue weighted by Gasteiger charge is -1.89. The summed E-state index contributed by atoms with van der Waals surface area (Å²) >= 11 is 0. The van der Waals surface area contributed by atoms with Gasteiger partial charge in [-0.3, -0.25) is 4.18 Å². The second-order valence-electron chi connectivity index (χ2n) is 1.45. The highest BCUT2D eigenvalue weighted by molar-refractivity contribution is 7.91. The number of hydrogen-bond acceptors (Lipinski definition) is 3. The van der Waals surface area contributed by atoms with Crippen molar-refractivity contribution in [3.8, 4) is 12.3 Å². The normalized spacial score (nSPS) is 22.8. The lowest BCUT2D eigenvalue weighted by atomic mass is 10.5. The van der Waals surface area contributed by atoms with Crippen molar-refractivity contribution in [2.45, 2.75) is 0 Å². The zero-order valence-corrected chi connectivity index (χ0v) is 5.31. The van der Waals surface area contributed by atoms with Crippen LogP contribution in [0.15, 0.2) is 11.0 Å². The summed E-state index contributed by atoms with van der Waals surface area (Å²) in [5.74, 6) is 2.00. The fourth-order valence-corrected chi connectivity index (χ4v) is 1.29. The molecule has 9 heavy (non-hydrogen) atoms. The molecule has 0 atom stereocenters. The van der Waals surface area contributed by atoms with Crippen LogP contribution < -0.4 is 0 Å². The third-order valence-electron chi connectivity index (χ3n) is 0.904. The first-order valence-electron chi connectivity index (χ1n) is 2.23. The molecule has 1 aliphatic heterocycles. The summed E-state index contributed by atoms with van der Waals surface area (Å²) in [5, 5.41) is 0. The molecule has 0 aliphatic carbocycles. The first-order chi connectivity index (χ1) is 4.17. The Hall–Kier alpha value is -0.790. The Balaban J connectivity index is 3.14. The molecular formula is C5H4O3S. The second kappa shape index (κ2) is 1.87. The van der Waals surface area contributed by atoms with Crippen LogP contribution in [0.3, 0.4) is 0 Å². The lowest BCUT2D eigenvalue weighted by Crippen LogP contribution is -1.98. The summed E-state index contributed by atoms with van der Waals surface area (Å²) < 4.78 is 25.4. The van der Waals surface area contributed by atoms with Gasteiger partial charge in [0.05, 0.1) is 6.61 Å². The van der Waals surface area contributed by atoms with Crippen LogP contribution in [-0.4, -0.2) is 15.0 Å². The summed E-state index contributed by atoms with van der Waals surface area (Å²) in [6.45, 7) is 0.0713. The van der Waals surface area contributed by atoms with E-state index in [4.69, 9.17) is 6.42 Å². The minimum atomic E-state index is -3.51. The molecule has 1 heterocycles. The van der Waals surface area contributed by atoms with Gasteiger partial charge in [-0.05, 0) is 6.08 Å². The Morgan fingerprint density at radius 1 is 1.78 bits per heavy atom. The Morgan fingerprint density at radius 2 is 2.44 bits per heavy atom. The minimum Gasteiger partial charge on any atom is -0.262 e. The number of terminal acetylenes is 1. The Labute approximate surface area is 53.5 Å². The largest absolute Gasteiger partial charge is 0.305 e. The first-order valence-corrected chi connectivity index (χ1v) is 3.64. The lowest BCUT2D eigenvalue weighted by molar-refractivity contribution is 0.374. The number of rotatable bonds is 0. The molecule has 0 saturated heterocycles. The first kappa shape index (κ1) is 6.33. The van der Waals surface area contributed by atoms with Crippen LogP contribution in [0.1, 0.15) is 0 Å². The van der Waals surface area contributed by atoms with Crippen LogP contribution in [0, 0.1) is 12.3 Å². The molecular weight excluding hydrogens is 140 g/mol. The van der Waals surface area contributed by atoms with E-state index >= 15 is 0 Å². The van der Waals surface area contributed by atoms with Crippen molar-refractivity contribution in [2.24, 2.45) is 0 Å². The van der Waals surface area contributed by atoms with E-state index in [1.165, 1.54) is 6.08 Å². The predicted molar refractivity (Wildman–Crippen MR) is 31.8 cm³/mol. The van der Waals surface area contributed by atoms with Gasteiger partial charge in [-0.2, -0.15) is 8.42 Å². The van der Waals surface area contributed by atoms with Crippen LogP contribution in [0.25, 0.3) is 0 Å². The fourth-order valence-electron chi connectivity index (χ4n) is 0.496. The van der Waals surface area contributed by atoms with E-state index in [9.17, 15) is 8.42 Å². The van der Waals surface area contributed by atoms with Crippen molar-refractivity contribution in [1.82, 2.24) is 0 Å². The number of hydrogen-bond donors (Lipinski definition) is 0. The predicted octanol–water partition coefficient (Wildman–Crippen LogP) is -0.136. The molecule has 0 aromatic rings. The molecule has 0 fully saturated rings. The van der Waals surface area contributed by atoms with Gasteiger partial charge in [0.25, 0.3) is 0 Å². The van der Waals surface area contributed by atoms with Gasteiger partial charge in [-0.1, -0.05) is 5.92 Å². The maximum Gasteiger partial charge on any atom is 0.305 e. The molecule has 0 saturated carbocycles. The molecule has 3 nitrogen and oxygen atoms in total. The average molecular weight is 144 g/mol. The van der Waals surface area contributed by atoms with Crippen molar-refractivity contribution in [1.29, 1.82) is 0 Å². The zero-order valence-electron chi connectivity index (χ0n) is 4.49. The molecule has 0 aromatic carbocycles. The Bertz CT molecular complexity index is 278. The van der Waals surface area contributed by atoms with Gasteiger partial charge in [-0.25, -0.2) is 0 Å². The molecule has 0 spiro atoms. The highest BCUT2D eigenvalue weighted by Crippen LogP contribution is 2.13. The van der Waals surface area contributed by atoms with Gasteiger partial charge in [0.2, 0.25) is 0 Å².